The minimum absolute atomic E-state index is 0.0452. The van der Waals surface area contributed by atoms with Crippen molar-refractivity contribution in [2.24, 2.45) is 0 Å². The van der Waals surface area contributed by atoms with Crippen LogP contribution in [0, 0.1) is 11.3 Å². The Morgan fingerprint density at radius 2 is 1.81 bits per heavy atom. The third-order valence-corrected chi connectivity index (χ3v) is 4.66. The van der Waals surface area contributed by atoms with Crippen LogP contribution in [-0.2, 0) is 14.3 Å². The van der Waals surface area contributed by atoms with Gasteiger partial charge in [-0.2, -0.15) is 5.26 Å². The first-order chi connectivity index (χ1) is 14.9. The fourth-order valence-corrected chi connectivity index (χ4v) is 2.94. The number of rotatable bonds is 10. The molecular formula is C22H21Cl2N3O4. The Bertz CT molecular complexity index is 958. The lowest BCUT2D eigenvalue weighted by Gasteiger charge is -2.21. The second kappa shape index (κ2) is 12.6. The molecule has 0 aromatic heterocycles. The number of nitriles is 1. The Kier molecular flexibility index (Phi) is 9.82. The summed E-state index contributed by atoms with van der Waals surface area (Å²) in [5, 5.41) is 12.5. The number of hydrogen-bond donors (Lipinski definition) is 1. The van der Waals surface area contributed by atoms with Gasteiger partial charge in [0.15, 0.2) is 6.61 Å². The van der Waals surface area contributed by atoms with Crippen molar-refractivity contribution in [3.05, 3.63) is 64.1 Å². The highest BCUT2D eigenvalue weighted by atomic mass is 35.5. The highest BCUT2D eigenvalue weighted by Crippen LogP contribution is 2.20. The molecule has 0 aliphatic rings. The zero-order chi connectivity index (χ0) is 22.6. The third-order valence-electron chi connectivity index (χ3n) is 4.17. The van der Waals surface area contributed by atoms with Crippen LogP contribution in [0.1, 0.15) is 29.6 Å². The van der Waals surface area contributed by atoms with Gasteiger partial charge in [0, 0.05) is 40.8 Å². The second-order valence-corrected chi connectivity index (χ2v) is 7.33. The van der Waals surface area contributed by atoms with Crippen molar-refractivity contribution in [1.29, 1.82) is 5.26 Å². The van der Waals surface area contributed by atoms with Crippen molar-refractivity contribution in [3.8, 4) is 6.07 Å². The molecule has 0 fully saturated rings. The fraction of sp³-hybridized carbons (Fsp3) is 0.273. The van der Waals surface area contributed by atoms with Crippen molar-refractivity contribution in [3.63, 3.8) is 0 Å². The van der Waals surface area contributed by atoms with Gasteiger partial charge >= 0.3 is 5.97 Å². The lowest BCUT2D eigenvalue weighted by Crippen LogP contribution is -2.35. The number of esters is 1. The lowest BCUT2D eigenvalue weighted by molar-refractivity contribution is -0.147. The molecular weight excluding hydrogens is 441 g/mol. The van der Waals surface area contributed by atoms with Crippen LogP contribution in [0.3, 0.4) is 0 Å². The zero-order valence-corrected chi connectivity index (χ0v) is 18.2. The number of carbonyl (C=O) groups excluding carboxylic acids is 3. The molecule has 0 saturated heterocycles. The third kappa shape index (κ3) is 8.28. The summed E-state index contributed by atoms with van der Waals surface area (Å²) in [6.07, 6.45) is 0.530. The molecule has 0 atom stereocenters. The molecule has 2 rings (SSSR count). The molecule has 0 saturated carbocycles. The minimum Gasteiger partial charge on any atom is -0.456 e. The molecule has 2 aromatic rings. The maximum Gasteiger partial charge on any atom is 0.306 e. The van der Waals surface area contributed by atoms with Crippen LogP contribution < -0.4 is 10.2 Å². The lowest BCUT2D eigenvalue weighted by atomic mass is 10.2. The van der Waals surface area contributed by atoms with Gasteiger partial charge in [-0.25, -0.2) is 0 Å². The quantitative estimate of drug-likeness (QED) is 0.425. The van der Waals surface area contributed by atoms with Crippen molar-refractivity contribution in [2.45, 2.75) is 19.3 Å². The monoisotopic (exact) mass is 461 g/mol. The summed E-state index contributed by atoms with van der Waals surface area (Å²) < 4.78 is 5.05. The number of anilines is 1. The summed E-state index contributed by atoms with van der Waals surface area (Å²) in [5.74, 6) is -1.28. The molecule has 0 bridgehead atoms. The Labute approximate surface area is 190 Å². The molecule has 0 aliphatic carbocycles. The fourth-order valence-electron chi connectivity index (χ4n) is 2.63. The summed E-state index contributed by atoms with van der Waals surface area (Å²) in [7, 11) is 0. The smallest absolute Gasteiger partial charge is 0.306 e. The number of halogens is 2. The number of hydrogen-bond acceptors (Lipinski definition) is 5. The van der Waals surface area contributed by atoms with E-state index in [1.54, 1.807) is 48.5 Å². The second-order valence-electron chi connectivity index (χ2n) is 6.46. The van der Waals surface area contributed by atoms with Crippen LogP contribution in [0.2, 0.25) is 10.0 Å². The van der Waals surface area contributed by atoms with Gasteiger partial charge in [0.05, 0.1) is 12.5 Å². The number of nitrogens with one attached hydrogen (secondary N) is 1. The Morgan fingerprint density at radius 3 is 2.48 bits per heavy atom. The summed E-state index contributed by atoms with van der Waals surface area (Å²) >= 11 is 11.8. The van der Waals surface area contributed by atoms with E-state index in [1.807, 2.05) is 6.07 Å². The van der Waals surface area contributed by atoms with E-state index in [0.717, 1.165) is 0 Å². The first kappa shape index (κ1) is 24.2. The van der Waals surface area contributed by atoms with Crippen molar-refractivity contribution in [1.82, 2.24) is 5.32 Å². The van der Waals surface area contributed by atoms with E-state index in [2.05, 4.69) is 5.32 Å². The van der Waals surface area contributed by atoms with Gasteiger partial charge in [0.1, 0.15) is 0 Å². The zero-order valence-electron chi connectivity index (χ0n) is 16.6. The Balaban J connectivity index is 1.75. The molecule has 0 aliphatic heterocycles. The predicted octanol–water partition coefficient (Wildman–Crippen LogP) is 3.99. The average molecular weight is 462 g/mol. The average Bonchev–Trinajstić information content (AvgIpc) is 2.76. The molecule has 2 amide bonds. The molecule has 2 aromatic carbocycles. The van der Waals surface area contributed by atoms with Crippen LogP contribution in [0.15, 0.2) is 48.5 Å². The molecule has 7 nitrogen and oxygen atoms in total. The van der Waals surface area contributed by atoms with Gasteiger partial charge in [0.2, 0.25) is 0 Å². The standard InChI is InChI=1S/C22H21Cl2N3O4/c23-17-9-7-16(8-10-17)22(30)26-12-2-6-21(29)31-15-20(28)27(13-3-11-25)19-5-1-4-18(24)14-19/h1,4-5,7-10,14H,2-3,6,12-13,15H2,(H,26,30). The molecule has 1 N–H and O–H groups in total. The SMILES string of the molecule is N#CCCN(C(=O)COC(=O)CCCNC(=O)c1ccc(Cl)cc1)c1cccc(Cl)c1. The van der Waals surface area contributed by atoms with Gasteiger partial charge in [-0.3, -0.25) is 14.4 Å². The van der Waals surface area contributed by atoms with Gasteiger partial charge in [0.25, 0.3) is 11.8 Å². The van der Waals surface area contributed by atoms with Crippen molar-refractivity contribution in [2.75, 3.05) is 24.6 Å². The number of ether oxygens (including phenoxy) is 1. The number of nitrogens with zero attached hydrogens (tertiary/aromatic N) is 2. The summed E-state index contributed by atoms with van der Waals surface area (Å²) in [6, 6.07) is 15.1. The van der Waals surface area contributed by atoms with E-state index in [-0.39, 0.29) is 31.8 Å². The van der Waals surface area contributed by atoms with E-state index in [4.69, 9.17) is 33.2 Å². The summed E-state index contributed by atoms with van der Waals surface area (Å²) in [4.78, 5) is 37.8. The van der Waals surface area contributed by atoms with Crippen molar-refractivity contribution < 1.29 is 19.1 Å². The highest BCUT2D eigenvalue weighted by Gasteiger charge is 2.18. The van der Waals surface area contributed by atoms with E-state index in [1.165, 1.54) is 4.90 Å². The van der Waals surface area contributed by atoms with Crippen LogP contribution in [-0.4, -0.2) is 37.5 Å². The van der Waals surface area contributed by atoms with Crippen LogP contribution >= 0.6 is 23.2 Å². The van der Waals surface area contributed by atoms with Crippen LogP contribution in [0.4, 0.5) is 5.69 Å². The number of benzene rings is 2. The normalized spacial score (nSPS) is 10.1. The van der Waals surface area contributed by atoms with E-state index in [0.29, 0.717) is 27.7 Å². The van der Waals surface area contributed by atoms with Crippen molar-refractivity contribution >= 4 is 46.7 Å². The topological polar surface area (TPSA) is 99.5 Å². The van der Waals surface area contributed by atoms with Gasteiger partial charge < -0.3 is 15.0 Å². The first-order valence-corrected chi connectivity index (χ1v) is 10.3. The van der Waals surface area contributed by atoms with Gasteiger partial charge in [-0.05, 0) is 48.9 Å². The minimum atomic E-state index is -0.555. The molecule has 0 unspecified atom stereocenters. The molecule has 0 heterocycles. The molecule has 162 valence electrons. The molecule has 9 heteroatoms. The maximum atomic E-state index is 12.5. The summed E-state index contributed by atoms with van der Waals surface area (Å²) in [6.45, 7) is -0.0147. The first-order valence-electron chi connectivity index (χ1n) is 9.53. The van der Waals surface area contributed by atoms with E-state index in [9.17, 15) is 14.4 Å². The maximum absolute atomic E-state index is 12.5. The van der Waals surface area contributed by atoms with Crippen LogP contribution in [0.25, 0.3) is 0 Å². The molecule has 0 radical (unpaired) electrons. The largest absolute Gasteiger partial charge is 0.456 e. The van der Waals surface area contributed by atoms with E-state index >= 15 is 0 Å². The van der Waals surface area contributed by atoms with Gasteiger partial charge in [-0.15, -0.1) is 0 Å². The Hall–Kier alpha value is -3.08. The summed E-state index contributed by atoms with van der Waals surface area (Å²) in [5.41, 5.74) is 0.991. The predicted molar refractivity (Wildman–Crippen MR) is 118 cm³/mol. The molecule has 31 heavy (non-hydrogen) atoms. The van der Waals surface area contributed by atoms with Gasteiger partial charge in [-0.1, -0.05) is 29.3 Å². The highest BCUT2D eigenvalue weighted by molar-refractivity contribution is 6.31. The van der Waals surface area contributed by atoms with E-state index < -0.39 is 18.5 Å². The number of amides is 2. The molecule has 0 spiro atoms. The Morgan fingerprint density at radius 1 is 1.06 bits per heavy atom. The number of carbonyl (C=O) groups is 3. The van der Waals surface area contributed by atoms with Crippen LogP contribution in [0.5, 0.6) is 0 Å².